The van der Waals surface area contributed by atoms with Crippen LogP contribution in [0.1, 0.15) is 19.4 Å². The number of nitrogens with zero attached hydrogens (tertiary/aromatic N) is 1. The predicted molar refractivity (Wildman–Crippen MR) is 103 cm³/mol. The van der Waals surface area contributed by atoms with Gasteiger partial charge in [-0.05, 0) is 11.5 Å². The number of aliphatic carboxylic acids is 1. The summed E-state index contributed by atoms with van der Waals surface area (Å²) in [5.74, 6) is -2.82. The Morgan fingerprint density at radius 1 is 1.11 bits per heavy atom. The van der Waals surface area contributed by atoms with Gasteiger partial charge >= 0.3 is 5.97 Å². The van der Waals surface area contributed by atoms with E-state index in [-0.39, 0.29) is 18.9 Å². The standard InChI is InChI=1S/C19H28N4O5/c1-12(2)17(20)19(28)22-14(9-13-7-5-4-6-8-13)18(27)21-10-15(24)23(3)11-16(25)26/h4-8,12,14,17H,9-11,20H2,1-3H3,(H,21,27)(H,22,28)(H,25,26)/t14-,17-/m0/s1. The smallest absolute Gasteiger partial charge is 0.323 e. The zero-order valence-electron chi connectivity index (χ0n) is 16.3. The largest absolute Gasteiger partial charge is 0.480 e. The molecule has 1 aromatic carbocycles. The molecule has 154 valence electrons. The lowest BCUT2D eigenvalue weighted by Gasteiger charge is -2.23. The highest BCUT2D eigenvalue weighted by Gasteiger charge is 2.26. The number of hydrogen-bond donors (Lipinski definition) is 4. The monoisotopic (exact) mass is 392 g/mol. The second kappa shape index (κ2) is 11.0. The second-order valence-electron chi connectivity index (χ2n) is 6.88. The first-order valence-corrected chi connectivity index (χ1v) is 8.95. The van der Waals surface area contributed by atoms with E-state index in [0.29, 0.717) is 0 Å². The number of hydrogen-bond acceptors (Lipinski definition) is 5. The summed E-state index contributed by atoms with van der Waals surface area (Å²) in [5.41, 5.74) is 6.68. The zero-order valence-corrected chi connectivity index (χ0v) is 16.3. The second-order valence-corrected chi connectivity index (χ2v) is 6.88. The molecule has 0 aliphatic rings. The van der Waals surface area contributed by atoms with E-state index in [1.807, 2.05) is 30.3 Å². The summed E-state index contributed by atoms with van der Waals surface area (Å²) >= 11 is 0. The maximum Gasteiger partial charge on any atom is 0.323 e. The van der Waals surface area contributed by atoms with Crippen LogP contribution < -0.4 is 16.4 Å². The van der Waals surface area contributed by atoms with E-state index in [0.717, 1.165) is 10.5 Å². The first-order chi connectivity index (χ1) is 13.1. The average molecular weight is 392 g/mol. The van der Waals surface area contributed by atoms with Gasteiger partial charge in [-0.2, -0.15) is 0 Å². The summed E-state index contributed by atoms with van der Waals surface area (Å²) in [5, 5.41) is 13.8. The van der Waals surface area contributed by atoms with Crippen LogP contribution in [0.2, 0.25) is 0 Å². The number of carbonyl (C=O) groups is 4. The zero-order chi connectivity index (χ0) is 21.3. The quantitative estimate of drug-likeness (QED) is 0.417. The maximum atomic E-state index is 12.6. The predicted octanol–water partition coefficient (Wildman–Crippen LogP) is -0.644. The van der Waals surface area contributed by atoms with Crippen LogP contribution in [-0.2, 0) is 25.6 Å². The van der Waals surface area contributed by atoms with Crippen LogP contribution in [-0.4, -0.2) is 65.9 Å². The molecule has 9 heteroatoms. The van der Waals surface area contributed by atoms with Crippen LogP contribution in [0, 0.1) is 5.92 Å². The number of carboxylic acids is 1. The van der Waals surface area contributed by atoms with E-state index in [9.17, 15) is 19.2 Å². The molecule has 0 aliphatic carbocycles. The highest BCUT2D eigenvalue weighted by atomic mass is 16.4. The lowest BCUT2D eigenvalue weighted by atomic mass is 10.0. The first kappa shape index (κ1) is 23.1. The number of rotatable bonds is 10. The van der Waals surface area contributed by atoms with Gasteiger partial charge in [0.25, 0.3) is 0 Å². The number of amides is 3. The van der Waals surface area contributed by atoms with Crippen molar-refractivity contribution >= 4 is 23.7 Å². The Balaban J connectivity index is 2.79. The minimum absolute atomic E-state index is 0.105. The fourth-order valence-corrected chi connectivity index (χ4v) is 2.34. The molecule has 0 spiro atoms. The summed E-state index contributed by atoms with van der Waals surface area (Å²) in [6.07, 6.45) is 0.225. The average Bonchev–Trinajstić information content (AvgIpc) is 2.64. The van der Waals surface area contributed by atoms with Gasteiger partial charge in [0.2, 0.25) is 17.7 Å². The van der Waals surface area contributed by atoms with Crippen molar-refractivity contribution in [1.29, 1.82) is 0 Å². The van der Waals surface area contributed by atoms with Gasteiger partial charge in [0.05, 0.1) is 12.6 Å². The van der Waals surface area contributed by atoms with Crippen LogP contribution in [0.3, 0.4) is 0 Å². The normalized spacial score (nSPS) is 12.8. The van der Waals surface area contributed by atoms with Gasteiger partial charge in [-0.3, -0.25) is 19.2 Å². The van der Waals surface area contributed by atoms with Gasteiger partial charge in [0.1, 0.15) is 12.6 Å². The molecule has 3 amide bonds. The van der Waals surface area contributed by atoms with Gasteiger partial charge in [-0.1, -0.05) is 44.2 Å². The highest BCUT2D eigenvalue weighted by molar-refractivity contribution is 5.92. The molecular weight excluding hydrogens is 364 g/mol. The summed E-state index contributed by atoms with van der Waals surface area (Å²) in [4.78, 5) is 48.4. The Bertz CT molecular complexity index is 693. The van der Waals surface area contributed by atoms with Crippen LogP contribution >= 0.6 is 0 Å². The molecule has 0 saturated carbocycles. The third-order valence-electron chi connectivity index (χ3n) is 4.15. The topological polar surface area (TPSA) is 142 Å². The Morgan fingerprint density at radius 3 is 2.25 bits per heavy atom. The minimum atomic E-state index is -1.15. The van der Waals surface area contributed by atoms with Gasteiger partial charge in [0, 0.05) is 13.5 Å². The molecule has 0 fully saturated rings. The molecule has 9 nitrogen and oxygen atoms in total. The van der Waals surface area contributed by atoms with Crippen molar-refractivity contribution < 1.29 is 24.3 Å². The minimum Gasteiger partial charge on any atom is -0.480 e. The summed E-state index contributed by atoms with van der Waals surface area (Å²) in [6, 6.07) is 7.42. The van der Waals surface area contributed by atoms with Crippen molar-refractivity contribution in [3.8, 4) is 0 Å². The van der Waals surface area contributed by atoms with Crippen molar-refractivity contribution in [2.24, 2.45) is 11.7 Å². The van der Waals surface area contributed by atoms with Crippen molar-refractivity contribution in [2.75, 3.05) is 20.1 Å². The number of likely N-dealkylation sites (N-methyl/N-ethyl adjacent to an activating group) is 1. The molecule has 0 aliphatic heterocycles. The van der Waals surface area contributed by atoms with Crippen LogP contribution in [0.25, 0.3) is 0 Å². The van der Waals surface area contributed by atoms with Gasteiger partial charge in [0.15, 0.2) is 0 Å². The molecule has 2 atom stereocenters. The van der Waals surface area contributed by atoms with Gasteiger partial charge in [-0.25, -0.2) is 0 Å². The molecule has 5 N–H and O–H groups in total. The van der Waals surface area contributed by atoms with Crippen molar-refractivity contribution in [3.63, 3.8) is 0 Å². The van der Waals surface area contributed by atoms with E-state index < -0.39 is 42.3 Å². The number of benzene rings is 1. The molecule has 0 radical (unpaired) electrons. The number of carboxylic acid groups (broad SMARTS) is 1. The molecule has 1 rings (SSSR count). The third-order valence-corrected chi connectivity index (χ3v) is 4.15. The molecule has 0 heterocycles. The number of nitrogens with two attached hydrogens (primary N) is 1. The lowest BCUT2D eigenvalue weighted by molar-refractivity contribution is -0.143. The molecule has 0 aromatic heterocycles. The maximum absolute atomic E-state index is 12.6. The van der Waals surface area contributed by atoms with E-state index >= 15 is 0 Å². The van der Waals surface area contributed by atoms with Crippen molar-refractivity contribution in [1.82, 2.24) is 15.5 Å². The van der Waals surface area contributed by atoms with E-state index in [1.54, 1.807) is 13.8 Å². The molecule has 0 saturated heterocycles. The van der Waals surface area contributed by atoms with E-state index in [1.165, 1.54) is 7.05 Å². The molecule has 1 aromatic rings. The van der Waals surface area contributed by atoms with Crippen LogP contribution in [0.15, 0.2) is 30.3 Å². The van der Waals surface area contributed by atoms with Crippen LogP contribution in [0.5, 0.6) is 0 Å². The fraction of sp³-hybridized carbons (Fsp3) is 0.474. The first-order valence-electron chi connectivity index (χ1n) is 8.95. The lowest BCUT2D eigenvalue weighted by Crippen LogP contribution is -2.54. The molecular formula is C19H28N4O5. The van der Waals surface area contributed by atoms with Crippen molar-refractivity contribution in [2.45, 2.75) is 32.4 Å². The summed E-state index contributed by atoms with van der Waals surface area (Å²) in [6.45, 7) is 2.75. The van der Waals surface area contributed by atoms with Crippen LogP contribution in [0.4, 0.5) is 0 Å². The Hall–Kier alpha value is -2.94. The van der Waals surface area contributed by atoms with E-state index in [4.69, 9.17) is 10.8 Å². The number of carbonyl (C=O) groups excluding carboxylic acids is 3. The van der Waals surface area contributed by atoms with E-state index in [2.05, 4.69) is 10.6 Å². The summed E-state index contributed by atoms with van der Waals surface area (Å²) < 4.78 is 0. The fourth-order valence-electron chi connectivity index (χ4n) is 2.34. The molecule has 28 heavy (non-hydrogen) atoms. The Morgan fingerprint density at radius 2 is 1.71 bits per heavy atom. The Labute approximate surface area is 164 Å². The SMILES string of the molecule is CC(C)[C@H](N)C(=O)N[C@@H](Cc1ccccc1)C(=O)NCC(=O)N(C)CC(=O)O. The van der Waals surface area contributed by atoms with Gasteiger partial charge in [-0.15, -0.1) is 0 Å². The Kier molecular flexibility index (Phi) is 9.10. The van der Waals surface area contributed by atoms with Gasteiger partial charge < -0.3 is 26.4 Å². The summed E-state index contributed by atoms with van der Waals surface area (Å²) in [7, 11) is 1.33. The highest BCUT2D eigenvalue weighted by Crippen LogP contribution is 2.05. The molecule has 0 bridgehead atoms. The third kappa shape index (κ3) is 7.75. The molecule has 0 unspecified atom stereocenters. The van der Waals surface area contributed by atoms with Crippen molar-refractivity contribution in [3.05, 3.63) is 35.9 Å². The number of nitrogens with one attached hydrogen (secondary N) is 2.